The predicted molar refractivity (Wildman–Crippen MR) is 70.6 cm³/mol. The van der Waals surface area contributed by atoms with Crippen molar-refractivity contribution in [3.8, 4) is 5.75 Å². The molecule has 0 saturated heterocycles. The monoisotopic (exact) mass is 291 g/mol. The Hall–Kier alpha value is -1.27. The largest absolute Gasteiger partial charge is 0.493 e. The highest BCUT2D eigenvalue weighted by molar-refractivity contribution is 5.35. The zero-order chi connectivity index (χ0) is 15.0. The smallest absolute Gasteiger partial charge is 0.411 e. The van der Waals surface area contributed by atoms with Gasteiger partial charge in [-0.15, -0.1) is 0 Å². The maximum absolute atomic E-state index is 11.9. The minimum absolute atomic E-state index is 0.0389. The maximum atomic E-state index is 11.9. The third-order valence-corrected chi connectivity index (χ3v) is 2.62. The maximum Gasteiger partial charge on any atom is 0.411 e. The Kier molecular flexibility index (Phi) is 6.81. The summed E-state index contributed by atoms with van der Waals surface area (Å²) in [7, 11) is 0. The topological polar surface area (TPSA) is 44.5 Å². The minimum atomic E-state index is -4.30. The van der Waals surface area contributed by atoms with Gasteiger partial charge in [0.05, 0.1) is 6.61 Å². The van der Waals surface area contributed by atoms with E-state index in [0.717, 1.165) is 12.0 Å². The van der Waals surface area contributed by atoms with Crippen molar-refractivity contribution in [1.82, 2.24) is 0 Å². The van der Waals surface area contributed by atoms with Gasteiger partial charge in [0, 0.05) is 18.2 Å². The van der Waals surface area contributed by atoms with Crippen LogP contribution in [0.5, 0.6) is 5.75 Å². The summed E-state index contributed by atoms with van der Waals surface area (Å²) in [6.07, 6.45) is -3.12. The average molecular weight is 291 g/mol. The first-order valence-corrected chi connectivity index (χ1v) is 6.56. The summed E-state index contributed by atoms with van der Waals surface area (Å²) in [4.78, 5) is 0. The summed E-state index contributed by atoms with van der Waals surface area (Å²) in [5.41, 5.74) is 6.76. The van der Waals surface area contributed by atoms with Crippen molar-refractivity contribution in [3.63, 3.8) is 0 Å². The summed E-state index contributed by atoms with van der Waals surface area (Å²) < 4.78 is 45.9. The van der Waals surface area contributed by atoms with Crippen molar-refractivity contribution in [3.05, 3.63) is 29.8 Å². The van der Waals surface area contributed by atoms with Gasteiger partial charge in [-0.25, -0.2) is 0 Å². The first kappa shape index (κ1) is 16.8. The summed E-state index contributed by atoms with van der Waals surface area (Å²) in [6.45, 7) is 1.29. The lowest BCUT2D eigenvalue weighted by Gasteiger charge is -2.17. The van der Waals surface area contributed by atoms with E-state index in [2.05, 4.69) is 4.74 Å². The lowest BCUT2D eigenvalue weighted by atomic mass is 10.0. The van der Waals surface area contributed by atoms with Crippen molar-refractivity contribution >= 4 is 0 Å². The first-order chi connectivity index (χ1) is 9.44. The highest BCUT2D eigenvalue weighted by Crippen LogP contribution is 2.26. The summed E-state index contributed by atoms with van der Waals surface area (Å²) >= 11 is 0. The zero-order valence-electron chi connectivity index (χ0n) is 11.5. The van der Waals surface area contributed by atoms with Crippen LogP contribution in [0, 0.1) is 0 Å². The fraction of sp³-hybridized carbons (Fsp3) is 0.571. The molecule has 0 saturated carbocycles. The minimum Gasteiger partial charge on any atom is -0.493 e. The molecule has 20 heavy (non-hydrogen) atoms. The molecule has 0 aliphatic rings. The number of para-hydroxylation sites is 1. The number of hydrogen-bond acceptors (Lipinski definition) is 3. The van der Waals surface area contributed by atoms with Gasteiger partial charge in [0.15, 0.2) is 0 Å². The molecule has 1 unspecified atom stereocenters. The van der Waals surface area contributed by atoms with E-state index in [0.29, 0.717) is 18.8 Å². The number of halogens is 3. The van der Waals surface area contributed by atoms with Gasteiger partial charge in [-0.2, -0.15) is 13.2 Å². The van der Waals surface area contributed by atoms with Gasteiger partial charge < -0.3 is 15.2 Å². The molecule has 3 nitrogen and oxygen atoms in total. The van der Waals surface area contributed by atoms with Crippen LogP contribution in [0.15, 0.2) is 24.3 Å². The molecular formula is C14H20F3NO2. The van der Waals surface area contributed by atoms with Crippen molar-refractivity contribution in [1.29, 1.82) is 0 Å². The van der Waals surface area contributed by atoms with Crippen LogP contribution in [0.2, 0.25) is 0 Å². The molecule has 0 amide bonds. The van der Waals surface area contributed by atoms with Crippen LogP contribution in [-0.2, 0) is 4.74 Å². The fourth-order valence-electron chi connectivity index (χ4n) is 1.68. The molecule has 1 aromatic carbocycles. The molecule has 1 aromatic rings. The van der Waals surface area contributed by atoms with Crippen LogP contribution in [0.3, 0.4) is 0 Å². The van der Waals surface area contributed by atoms with Crippen molar-refractivity contribution < 1.29 is 22.6 Å². The second-order valence-corrected chi connectivity index (χ2v) is 4.45. The Morgan fingerprint density at radius 2 is 1.90 bits per heavy atom. The molecule has 0 heterocycles. The van der Waals surface area contributed by atoms with Gasteiger partial charge in [-0.3, -0.25) is 0 Å². The van der Waals surface area contributed by atoms with E-state index in [9.17, 15) is 13.2 Å². The van der Waals surface area contributed by atoms with Crippen LogP contribution in [0.4, 0.5) is 13.2 Å². The number of rotatable bonds is 8. The van der Waals surface area contributed by atoms with Gasteiger partial charge in [0.1, 0.15) is 12.4 Å². The second kappa shape index (κ2) is 8.11. The highest BCUT2D eigenvalue weighted by atomic mass is 19.4. The fourth-order valence-corrected chi connectivity index (χ4v) is 1.68. The normalized spacial score (nSPS) is 13.2. The third-order valence-electron chi connectivity index (χ3n) is 2.62. The van der Waals surface area contributed by atoms with Gasteiger partial charge in [-0.05, 0) is 18.9 Å². The molecule has 1 rings (SSSR count). The SMILES string of the molecule is CCCOc1ccccc1C(N)CCOCC(F)(F)F. The zero-order valence-corrected chi connectivity index (χ0v) is 11.5. The summed E-state index contributed by atoms with van der Waals surface area (Å²) in [6, 6.07) is 6.88. The molecule has 0 spiro atoms. The molecule has 114 valence electrons. The van der Waals surface area contributed by atoms with Gasteiger partial charge in [0.25, 0.3) is 0 Å². The Morgan fingerprint density at radius 1 is 1.20 bits per heavy atom. The number of alkyl halides is 3. The standard InChI is InChI=1S/C14H20F3NO2/c1-2-8-20-13-6-4-3-5-11(13)12(18)7-9-19-10-14(15,16)17/h3-6,12H,2,7-10,18H2,1H3. The number of hydrogen-bond donors (Lipinski definition) is 1. The van der Waals surface area contributed by atoms with Crippen LogP contribution in [-0.4, -0.2) is 26.0 Å². The van der Waals surface area contributed by atoms with Crippen molar-refractivity contribution in [2.24, 2.45) is 5.73 Å². The van der Waals surface area contributed by atoms with E-state index in [1.165, 1.54) is 0 Å². The van der Waals surface area contributed by atoms with E-state index >= 15 is 0 Å². The Morgan fingerprint density at radius 3 is 2.55 bits per heavy atom. The molecule has 0 radical (unpaired) electrons. The van der Waals surface area contributed by atoms with E-state index in [1.807, 2.05) is 25.1 Å². The lowest BCUT2D eigenvalue weighted by Crippen LogP contribution is -2.20. The number of ether oxygens (including phenoxy) is 2. The summed E-state index contributed by atoms with van der Waals surface area (Å²) in [5.74, 6) is 0.678. The van der Waals surface area contributed by atoms with E-state index in [1.54, 1.807) is 6.07 Å². The number of benzene rings is 1. The van der Waals surface area contributed by atoms with Crippen LogP contribution in [0.1, 0.15) is 31.4 Å². The number of nitrogens with two attached hydrogens (primary N) is 1. The third kappa shape index (κ3) is 6.25. The predicted octanol–water partition coefficient (Wildman–Crippen LogP) is 3.44. The van der Waals surface area contributed by atoms with E-state index < -0.39 is 18.8 Å². The molecule has 2 N–H and O–H groups in total. The second-order valence-electron chi connectivity index (χ2n) is 4.45. The van der Waals surface area contributed by atoms with E-state index in [4.69, 9.17) is 10.5 Å². The molecule has 0 bridgehead atoms. The van der Waals surface area contributed by atoms with Gasteiger partial charge in [-0.1, -0.05) is 25.1 Å². The molecular weight excluding hydrogens is 271 g/mol. The highest BCUT2D eigenvalue weighted by Gasteiger charge is 2.27. The molecule has 0 aliphatic heterocycles. The van der Waals surface area contributed by atoms with Crippen LogP contribution >= 0.6 is 0 Å². The Labute approximate surface area is 116 Å². The quantitative estimate of drug-likeness (QED) is 0.746. The molecule has 0 aromatic heterocycles. The molecule has 6 heteroatoms. The van der Waals surface area contributed by atoms with E-state index in [-0.39, 0.29) is 6.61 Å². The molecule has 1 atom stereocenters. The Balaban J connectivity index is 2.48. The summed E-state index contributed by atoms with van der Waals surface area (Å²) in [5, 5.41) is 0. The van der Waals surface area contributed by atoms with Crippen LogP contribution < -0.4 is 10.5 Å². The van der Waals surface area contributed by atoms with Gasteiger partial charge >= 0.3 is 6.18 Å². The molecule has 0 fully saturated rings. The average Bonchev–Trinajstić information content (AvgIpc) is 2.40. The van der Waals surface area contributed by atoms with Gasteiger partial charge in [0.2, 0.25) is 0 Å². The van der Waals surface area contributed by atoms with Crippen molar-refractivity contribution in [2.45, 2.75) is 32.0 Å². The first-order valence-electron chi connectivity index (χ1n) is 6.56. The van der Waals surface area contributed by atoms with Crippen LogP contribution in [0.25, 0.3) is 0 Å². The van der Waals surface area contributed by atoms with Crippen molar-refractivity contribution in [2.75, 3.05) is 19.8 Å². The Bertz CT molecular complexity index is 396. The molecule has 0 aliphatic carbocycles. The lowest BCUT2D eigenvalue weighted by molar-refractivity contribution is -0.174.